The molecular weight excluding hydrogens is 408 g/mol. The maximum atomic E-state index is 4.47. The molecule has 2 aromatic rings. The molecule has 1 aromatic heterocycles. The minimum Gasteiger partial charge on any atom is -0.338 e. The van der Waals surface area contributed by atoms with Gasteiger partial charge in [-0.15, -0.1) is 0 Å². The first-order valence-electron chi connectivity index (χ1n) is 10.3. The van der Waals surface area contributed by atoms with Gasteiger partial charge in [0.1, 0.15) is 5.82 Å². The van der Waals surface area contributed by atoms with Gasteiger partial charge in [0.25, 0.3) is 0 Å². The van der Waals surface area contributed by atoms with Gasteiger partial charge in [-0.05, 0) is 29.8 Å². The van der Waals surface area contributed by atoms with Gasteiger partial charge in [0.2, 0.25) is 0 Å². The zero-order chi connectivity index (χ0) is 22.4. The second-order valence-electron chi connectivity index (χ2n) is 5.14. The highest BCUT2D eigenvalue weighted by atomic mass is 79.9. The van der Waals surface area contributed by atoms with Crippen LogP contribution in [0.5, 0.6) is 0 Å². The van der Waals surface area contributed by atoms with Crippen molar-refractivity contribution in [2.24, 2.45) is 0 Å². The van der Waals surface area contributed by atoms with Crippen molar-refractivity contribution in [3.63, 3.8) is 0 Å². The third kappa shape index (κ3) is 15.2. The van der Waals surface area contributed by atoms with Crippen LogP contribution in [0.3, 0.4) is 0 Å². The van der Waals surface area contributed by atoms with Gasteiger partial charge in [-0.25, -0.2) is 4.98 Å². The zero-order valence-corrected chi connectivity index (χ0v) is 20.9. The fourth-order valence-corrected chi connectivity index (χ4v) is 1.94. The molecule has 0 atom stereocenters. The summed E-state index contributed by atoms with van der Waals surface area (Å²) in [6.07, 6.45) is 11.8. The summed E-state index contributed by atoms with van der Waals surface area (Å²) in [5.41, 5.74) is 2.95. The molecule has 0 saturated carbocycles. The number of hydrogen-bond donors (Lipinski definition) is 1. The number of aromatic amines is 1. The molecule has 0 saturated heterocycles. The Morgan fingerprint density at radius 3 is 2.04 bits per heavy atom. The summed E-state index contributed by atoms with van der Waals surface area (Å²) < 4.78 is 1.03. The average Bonchev–Trinajstić information content (AvgIpc) is 3.11. The number of halogens is 1. The highest BCUT2D eigenvalue weighted by molar-refractivity contribution is 9.10. The summed E-state index contributed by atoms with van der Waals surface area (Å²) in [6, 6.07) is 5.96. The molecular formula is C25H41BrN2. The molecule has 0 spiro atoms. The summed E-state index contributed by atoms with van der Waals surface area (Å²) in [7, 11) is 0. The van der Waals surface area contributed by atoms with E-state index in [4.69, 9.17) is 0 Å². The van der Waals surface area contributed by atoms with Gasteiger partial charge < -0.3 is 4.98 Å². The molecule has 1 aromatic carbocycles. The second kappa shape index (κ2) is 23.2. The Morgan fingerprint density at radius 1 is 1.04 bits per heavy atom. The smallest absolute Gasteiger partial charge is 0.131 e. The molecule has 0 radical (unpaired) electrons. The molecule has 0 aliphatic heterocycles. The van der Waals surface area contributed by atoms with Gasteiger partial charge in [-0.3, -0.25) is 0 Å². The summed E-state index contributed by atoms with van der Waals surface area (Å²) in [4.78, 5) is 7.71. The van der Waals surface area contributed by atoms with Crippen LogP contribution in [0.4, 0.5) is 0 Å². The predicted octanol–water partition coefficient (Wildman–Crippen LogP) is 9.52. The van der Waals surface area contributed by atoms with E-state index in [1.165, 1.54) is 12.8 Å². The number of H-pyrrole nitrogens is 1. The lowest BCUT2D eigenvalue weighted by molar-refractivity contribution is 1.09. The molecule has 1 heterocycles. The molecule has 3 heteroatoms. The van der Waals surface area contributed by atoms with E-state index >= 15 is 0 Å². The van der Waals surface area contributed by atoms with Gasteiger partial charge in [0.15, 0.2) is 0 Å². The van der Waals surface area contributed by atoms with Crippen LogP contribution in [0.15, 0.2) is 65.7 Å². The van der Waals surface area contributed by atoms with Crippen molar-refractivity contribution in [1.29, 1.82) is 0 Å². The third-order valence-corrected chi connectivity index (χ3v) is 2.94. The first-order chi connectivity index (χ1) is 13.6. The summed E-state index contributed by atoms with van der Waals surface area (Å²) in [5, 5.41) is 0. The Kier molecular flexibility index (Phi) is 25.5. The van der Waals surface area contributed by atoms with Crippen LogP contribution in [-0.2, 0) is 0 Å². The standard InChI is InChI=1S/C15H13BrN2.2C3H8.2C2H6/c1-3-5-11(4-2)6-9-15-17-13-8-7-12(16)10-14(13)18-15;2*1-3-2;2*1-2/h3-10H,1-2H2,(H,17,18);2*3H2,1-2H3;2*1-2H3/b9-6+,11-5+;;;;. The number of hydrogen-bond acceptors (Lipinski definition) is 1. The summed E-state index contributed by atoms with van der Waals surface area (Å²) in [5.74, 6) is 0.819. The van der Waals surface area contributed by atoms with E-state index in [2.05, 4.69) is 66.8 Å². The molecule has 0 bridgehead atoms. The van der Waals surface area contributed by atoms with Gasteiger partial charge in [0, 0.05) is 4.47 Å². The molecule has 0 fully saturated rings. The number of nitrogens with one attached hydrogen (secondary N) is 1. The number of allylic oxidation sites excluding steroid dienone is 5. The van der Waals surface area contributed by atoms with Gasteiger partial charge >= 0.3 is 0 Å². The van der Waals surface area contributed by atoms with Crippen molar-refractivity contribution in [3.05, 3.63) is 71.5 Å². The maximum absolute atomic E-state index is 4.47. The monoisotopic (exact) mass is 448 g/mol. The molecule has 1 N–H and O–H groups in total. The zero-order valence-electron chi connectivity index (χ0n) is 19.3. The van der Waals surface area contributed by atoms with Gasteiger partial charge in [0.05, 0.1) is 11.0 Å². The van der Waals surface area contributed by atoms with Gasteiger partial charge in [-0.1, -0.05) is 122 Å². The van der Waals surface area contributed by atoms with Gasteiger partial charge in [-0.2, -0.15) is 0 Å². The van der Waals surface area contributed by atoms with Crippen LogP contribution in [0.1, 0.15) is 74.1 Å². The SMILES string of the molecule is C=C/C=C(C=C)/C=C/c1nc2ccc(Br)cc2[nH]1.CC.CC.CCC.CCC. The normalized spacial score (nSPS) is 9.54. The van der Waals surface area contributed by atoms with E-state index in [1.807, 2.05) is 64.1 Å². The van der Waals surface area contributed by atoms with E-state index < -0.39 is 0 Å². The average molecular weight is 450 g/mol. The van der Waals surface area contributed by atoms with Crippen LogP contribution in [0, 0.1) is 0 Å². The first-order valence-corrected chi connectivity index (χ1v) is 11.1. The predicted molar refractivity (Wildman–Crippen MR) is 136 cm³/mol. The molecule has 0 aliphatic carbocycles. The van der Waals surface area contributed by atoms with E-state index in [1.54, 1.807) is 12.2 Å². The van der Waals surface area contributed by atoms with Crippen LogP contribution in [-0.4, -0.2) is 9.97 Å². The molecule has 2 nitrogen and oxygen atoms in total. The Labute approximate surface area is 182 Å². The molecule has 28 heavy (non-hydrogen) atoms. The Bertz CT molecular complexity index is 677. The Morgan fingerprint density at radius 2 is 1.57 bits per heavy atom. The highest BCUT2D eigenvalue weighted by Gasteiger charge is 2.00. The van der Waals surface area contributed by atoms with E-state index in [0.717, 1.165) is 26.9 Å². The molecule has 0 amide bonds. The van der Waals surface area contributed by atoms with Crippen molar-refractivity contribution in [2.75, 3.05) is 0 Å². The van der Waals surface area contributed by atoms with E-state index in [9.17, 15) is 0 Å². The number of fused-ring (bicyclic) bond motifs is 1. The first kappa shape index (κ1) is 30.8. The van der Waals surface area contributed by atoms with Crippen molar-refractivity contribution in [2.45, 2.75) is 68.2 Å². The largest absolute Gasteiger partial charge is 0.338 e. The minimum atomic E-state index is 0.819. The Hall–Kier alpha value is -1.87. The number of rotatable bonds is 4. The lowest BCUT2D eigenvalue weighted by Gasteiger charge is -1.89. The van der Waals surface area contributed by atoms with Crippen LogP contribution in [0.25, 0.3) is 17.1 Å². The topological polar surface area (TPSA) is 28.7 Å². The lowest BCUT2D eigenvalue weighted by Crippen LogP contribution is -1.75. The highest BCUT2D eigenvalue weighted by Crippen LogP contribution is 2.18. The molecule has 0 aliphatic rings. The second-order valence-corrected chi connectivity index (χ2v) is 6.05. The third-order valence-electron chi connectivity index (χ3n) is 2.44. The van der Waals surface area contributed by atoms with Crippen LogP contribution >= 0.6 is 15.9 Å². The number of nitrogens with zero attached hydrogens (tertiary/aromatic N) is 1. The van der Waals surface area contributed by atoms with Crippen molar-refractivity contribution in [1.82, 2.24) is 9.97 Å². The van der Waals surface area contributed by atoms with E-state index in [0.29, 0.717) is 0 Å². The van der Waals surface area contributed by atoms with Crippen molar-refractivity contribution in [3.8, 4) is 0 Å². The number of benzene rings is 1. The van der Waals surface area contributed by atoms with Crippen molar-refractivity contribution < 1.29 is 0 Å². The number of aromatic nitrogens is 2. The summed E-state index contributed by atoms with van der Waals surface area (Å²) >= 11 is 3.44. The summed E-state index contributed by atoms with van der Waals surface area (Å²) in [6.45, 7) is 23.9. The lowest BCUT2D eigenvalue weighted by atomic mass is 10.2. The fourth-order valence-electron chi connectivity index (χ4n) is 1.58. The van der Waals surface area contributed by atoms with Crippen molar-refractivity contribution >= 4 is 33.0 Å². The minimum absolute atomic E-state index is 0.819. The number of imidazole rings is 1. The van der Waals surface area contributed by atoms with E-state index in [-0.39, 0.29) is 0 Å². The molecule has 0 unspecified atom stereocenters. The Balaban J connectivity index is -0.000000534. The quantitative estimate of drug-likeness (QED) is 0.463. The van der Waals surface area contributed by atoms with Crippen LogP contribution < -0.4 is 0 Å². The molecule has 158 valence electrons. The molecule has 2 rings (SSSR count). The maximum Gasteiger partial charge on any atom is 0.131 e. The van der Waals surface area contributed by atoms with Crippen LogP contribution in [0.2, 0.25) is 0 Å². The fraction of sp³-hybridized carbons (Fsp3) is 0.400.